The summed E-state index contributed by atoms with van der Waals surface area (Å²) in [6.07, 6.45) is 0.984. The van der Waals surface area contributed by atoms with Crippen molar-refractivity contribution in [1.29, 1.82) is 0 Å². The SMILES string of the molecule is CC(=O)Nc1ccc(C(=O)c2ccc3c(c2)CC(C(=O)O)C3)cc1. The van der Waals surface area contributed by atoms with Gasteiger partial charge in [0.05, 0.1) is 5.92 Å². The molecule has 1 aliphatic carbocycles. The van der Waals surface area contributed by atoms with Gasteiger partial charge in [0.1, 0.15) is 0 Å². The first-order valence-corrected chi connectivity index (χ1v) is 7.71. The zero-order valence-corrected chi connectivity index (χ0v) is 13.2. The van der Waals surface area contributed by atoms with E-state index in [1.54, 1.807) is 36.4 Å². The lowest BCUT2D eigenvalue weighted by molar-refractivity contribution is -0.141. The predicted octanol–water partition coefficient (Wildman–Crippen LogP) is 2.68. The van der Waals surface area contributed by atoms with Gasteiger partial charge in [-0.05, 0) is 54.3 Å². The number of nitrogens with one attached hydrogen (secondary N) is 1. The third-order valence-corrected chi connectivity index (χ3v) is 4.22. The largest absolute Gasteiger partial charge is 0.481 e. The fourth-order valence-electron chi connectivity index (χ4n) is 3.01. The highest BCUT2D eigenvalue weighted by atomic mass is 16.4. The minimum absolute atomic E-state index is 0.119. The number of aliphatic carboxylic acids is 1. The molecule has 0 saturated carbocycles. The number of hydrogen-bond acceptors (Lipinski definition) is 3. The molecule has 0 fully saturated rings. The van der Waals surface area contributed by atoms with E-state index in [-0.39, 0.29) is 11.7 Å². The quantitative estimate of drug-likeness (QED) is 0.847. The standard InChI is InChI=1S/C19H17NO4/c1-11(21)20-17-6-4-12(5-7-17)18(22)14-3-2-13-8-16(19(23)24)10-15(13)9-14/h2-7,9,16H,8,10H2,1H3,(H,20,21)(H,23,24). The minimum atomic E-state index is -0.798. The van der Waals surface area contributed by atoms with E-state index in [1.807, 2.05) is 6.07 Å². The van der Waals surface area contributed by atoms with E-state index in [1.165, 1.54) is 6.92 Å². The molecule has 0 spiro atoms. The van der Waals surface area contributed by atoms with Gasteiger partial charge in [-0.2, -0.15) is 0 Å². The molecule has 5 heteroatoms. The molecular formula is C19H17NO4. The number of carboxylic acids is 1. The number of carboxylic acid groups (broad SMARTS) is 1. The zero-order chi connectivity index (χ0) is 17.3. The zero-order valence-electron chi connectivity index (χ0n) is 13.2. The second-order valence-corrected chi connectivity index (χ2v) is 6.01. The van der Waals surface area contributed by atoms with Gasteiger partial charge in [-0.15, -0.1) is 0 Å². The van der Waals surface area contributed by atoms with Crippen LogP contribution < -0.4 is 5.32 Å². The Labute approximate surface area is 139 Å². The number of ketones is 1. The first-order valence-electron chi connectivity index (χ1n) is 7.71. The van der Waals surface area contributed by atoms with Crippen molar-refractivity contribution in [3.05, 3.63) is 64.7 Å². The average molecular weight is 323 g/mol. The van der Waals surface area contributed by atoms with Gasteiger partial charge in [0.2, 0.25) is 5.91 Å². The third-order valence-electron chi connectivity index (χ3n) is 4.22. The number of anilines is 1. The lowest BCUT2D eigenvalue weighted by atomic mass is 9.99. The van der Waals surface area contributed by atoms with Crippen LogP contribution in [0.5, 0.6) is 0 Å². The van der Waals surface area contributed by atoms with Crippen LogP contribution in [0.3, 0.4) is 0 Å². The number of rotatable bonds is 4. The second-order valence-electron chi connectivity index (χ2n) is 6.01. The molecule has 1 amide bonds. The van der Waals surface area contributed by atoms with Gasteiger partial charge in [-0.3, -0.25) is 14.4 Å². The number of fused-ring (bicyclic) bond motifs is 1. The summed E-state index contributed by atoms with van der Waals surface area (Å²) in [5.74, 6) is -1.48. The Morgan fingerprint density at radius 3 is 2.21 bits per heavy atom. The Balaban J connectivity index is 1.80. The van der Waals surface area contributed by atoms with Crippen LogP contribution in [-0.2, 0) is 22.4 Å². The highest BCUT2D eigenvalue weighted by Crippen LogP contribution is 2.28. The fourth-order valence-corrected chi connectivity index (χ4v) is 3.01. The maximum atomic E-state index is 12.6. The molecule has 3 rings (SSSR count). The Morgan fingerprint density at radius 1 is 0.958 bits per heavy atom. The molecule has 0 radical (unpaired) electrons. The van der Waals surface area contributed by atoms with Gasteiger partial charge in [0, 0.05) is 23.7 Å². The van der Waals surface area contributed by atoms with Crippen molar-refractivity contribution in [2.45, 2.75) is 19.8 Å². The third kappa shape index (κ3) is 3.20. The fraction of sp³-hybridized carbons (Fsp3) is 0.211. The average Bonchev–Trinajstić information content (AvgIpc) is 2.98. The highest BCUT2D eigenvalue weighted by Gasteiger charge is 2.27. The summed E-state index contributed by atoms with van der Waals surface area (Å²) in [5, 5.41) is 11.8. The van der Waals surface area contributed by atoms with E-state index in [2.05, 4.69) is 5.32 Å². The van der Waals surface area contributed by atoms with Crippen LogP contribution in [0.15, 0.2) is 42.5 Å². The minimum Gasteiger partial charge on any atom is -0.481 e. The maximum Gasteiger partial charge on any atom is 0.307 e. The van der Waals surface area contributed by atoms with Crippen LogP contribution in [0.1, 0.15) is 34.0 Å². The van der Waals surface area contributed by atoms with Crippen LogP contribution in [0.2, 0.25) is 0 Å². The Hall–Kier alpha value is -2.95. The van der Waals surface area contributed by atoms with Crippen LogP contribution in [0.25, 0.3) is 0 Å². The molecule has 0 aliphatic heterocycles. The summed E-state index contributed by atoms with van der Waals surface area (Å²) in [5.41, 5.74) is 3.64. The molecule has 24 heavy (non-hydrogen) atoms. The number of carbonyl (C=O) groups excluding carboxylic acids is 2. The lowest BCUT2D eigenvalue weighted by Crippen LogP contribution is -2.12. The molecule has 5 nitrogen and oxygen atoms in total. The lowest BCUT2D eigenvalue weighted by Gasteiger charge is -2.06. The summed E-state index contributed by atoms with van der Waals surface area (Å²) in [4.78, 5) is 34.7. The maximum absolute atomic E-state index is 12.6. The summed E-state index contributed by atoms with van der Waals surface area (Å²) in [6.45, 7) is 1.42. The smallest absolute Gasteiger partial charge is 0.307 e. The Morgan fingerprint density at radius 2 is 1.58 bits per heavy atom. The molecule has 1 unspecified atom stereocenters. The van der Waals surface area contributed by atoms with E-state index in [9.17, 15) is 14.4 Å². The molecule has 0 bridgehead atoms. The van der Waals surface area contributed by atoms with E-state index in [0.29, 0.717) is 29.7 Å². The topological polar surface area (TPSA) is 83.5 Å². The molecule has 2 aromatic carbocycles. The van der Waals surface area contributed by atoms with Crippen molar-refractivity contribution in [3.8, 4) is 0 Å². The number of amides is 1. The van der Waals surface area contributed by atoms with Crippen molar-refractivity contribution in [2.24, 2.45) is 5.92 Å². The van der Waals surface area contributed by atoms with Crippen molar-refractivity contribution >= 4 is 23.3 Å². The molecule has 122 valence electrons. The van der Waals surface area contributed by atoms with Gasteiger partial charge in [0.15, 0.2) is 5.78 Å². The van der Waals surface area contributed by atoms with E-state index >= 15 is 0 Å². The van der Waals surface area contributed by atoms with Crippen LogP contribution in [0.4, 0.5) is 5.69 Å². The Bertz CT molecular complexity index is 824. The van der Waals surface area contributed by atoms with Crippen LogP contribution in [-0.4, -0.2) is 22.8 Å². The molecule has 1 atom stereocenters. The number of benzene rings is 2. The first-order chi connectivity index (χ1) is 11.4. The van der Waals surface area contributed by atoms with Crippen LogP contribution in [0, 0.1) is 5.92 Å². The normalized spacial score (nSPS) is 15.6. The van der Waals surface area contributed by atoms with Crippen molar-refractivity contribution in [3.63, 3.8) is 0 Å². The van der Waals surface area contributed by atoms with Crippen LogP contribution >= 0.6 is 0 Å². The molecule has 0 saturated heterocycles. The van der Waals surface area contributed by atoms with E-state index in [0.717, 1.165) is 11.1 Å². The monoisotopic (exact) mass is 323 g/mol. The summed E-state index contributed by atoms with van der Waals surface area (Å²) < 4.78 is 0. The molecule has 2 N–H and O–H groups in total. The molecule has 0 aromatic heterocycles. The summed E-state index contributed by atoms with van der Waals surface area (Å²) in [7, 11) is 0. The van der Waals surface area contributed by atoms with Gasteiger partial charge in [-0.25, -0.2) is 0 Å². The van der Waals surface area contributed by atoms with Crippen molar-refractivity contribution in [2.75, 3.05) is 5.32 Å². The van der Waals surface area contributed by atoms with Gasteiger partial charge < -0.3 is 10.4 Å². The second kappa shape index (κ2) is 6.28. The van der Waals surface area contributed by atoms with Crippen molar-refractivity contribution in [1.82, 2.24) is 0 Å². The van der Waals surface area contributed by atoms with Crippen molar-refractivity contribution < 1.29 is 19.5 Å². The Kier molecular flexibility index (Phi) is 4.16. The van der Waals surface area contributed by atoms with Gasteiger partial charge >= 0.3 is 5.97 Å². The van der Waals surface area contributed by atoms with Gasteiger partial charge in [-0.1, -0.05) is 12.1 Å². The summed E-state index contributed by atoms with van der Waals surface area (Å²) >= 11 is 0. The predicted molar refractivity (Wildman–Crippen MR) is 89.2 cm³/mol. The molecule has 2 aromatic rings. The number of carbonyl (C=O) groups is 3. The molecule has 0 heterocycles. The van der Waals surface area contributed by atoms with Gasteiger partial charge in [0.25, 0.3) is 0 Å². The number of hydrogen-bond donors (Lipinski definition) is 2. The van der Waals surface area contributed by atoms with E-state index < -0.39 is 11.9 Å². The summed E-state index contributed by atoms with van der Waals surface area (Å²) in [6, 6.07) is 12.1. The molecular weight excluding hydrogens is 306 g/mol. The highest BCUT2D eigenvalue weighted by molar-refractivity contribution is 6.09. The van der Waals surface area contributed by atoms with E-state index in [4.69, 9.17) is 5.11 Å². The first kappa shape index (κ1) is 15.9. The molecule has 1 aliphatic rings.